The summed E-state index contributed by atoms with van der Waals surface area (Å²) in [5.74, 6) is 0. The van der Waals surface area contributed by atoms with Gasteiger partial charge in [0.1, 0.15) is 4.99 Å². The molecule has 0 aromatic carbocycles. The molecule has 1 aromatic heterocycles. The first-order valence-electron chi connectivity index (χ1n) is 5.68. The minimum atomic E-state index is 0.472. The second-order valence-corrected chi connectivity index (χ2v) is 4.98. The normalized spacial score (nSPS) is 10.4. The van der Waals surface area contributed by atoms with Crippen molar-refractivity contribution in [2.75, 3.05) is 18.0 Å². The summed E-state index contributed by atoms with van der Waals surface area (Å²) in [6.45, 7) is 8.33. The number of nitrogens with two attached hydrogens (primary N) is 1. The highest BCUT2D eigenvalue weighted by Gasteiger charge is 2.15. The standard InChI is InChI=1S/C11H19N3S2/c1-4-7-8-9(10(12)15)16-11(13-8)14(5-2)6-3/h4-7H2,1-3H3,(H2,12,15). The number of aryl methyl sites for hydroxylation is 1. The van der Waals surface area contributed by atoms with Crippen molar-refractivity contribution < 1.29 is 0 Å². The van der Waals surface area contributed by atoms with Gasteiger partial charge in [-0.05, 0) is 20.3 Å². The van der Waals surface area contributed by atoms with Crippen LogP contribution in [0, 0.1) is 0 Å². The van der Waals surface area contributed by atoms with Crippen molar-refractivity contribution in [1.82, 2.24) is 4.98 Å². The van der Waals surface area contributed by atoms with E-state index in [1.807, 2.05) is 0 Å². The highest BCUT2D eigenvalue weighted by atomic mass is 32.1. The van der Waals surface area contributed by atoms with Crippen molar-refractivity contribution in [3.63, 3.8) is 0 Å². The molecule has 0 spiro atoms. The largest absolute Gasteiger partial charge is 0.389 e. The first-order valence-corrected chi connectivity index (χ1v) is 6.90. The van der Waals surface area contributed by atoms with E-state index in [-0.39, 0.29) is 0 Å². The predicted molar refractivity (Wildman–Crippen MR) is 75.6 cm³/mol. The number of hydrogen-bond acceptors (Lipinski definition) is 4. The first kappa shape index (κ1) is 13.4. The number of thiocarbonyl (C=S) groups is 1. The maximum atomic E-state index is 5.72. The molecule has 1 heterocycles. The topological polar surface area (TPSA) is 42.2 Å². The van der Waals surface area contributed by atoms with Crippen LogP contribution in [0.25, 0.3) is 0 Å². The van der Waals surface area contributed by atoms with Gasteiger partial charge in [-0.2, -0.15) is 0 Å². The molecule has 5 heteroatoms. The summed E-state index contributed by atoms with van der Waals surface area (Å²) >= 11 is 6.68. The molecule has 3 nitrogen and oxygen atoms in total. The molecule has 16 heavy (non-hydrogen) atoms. The summed E-state index contributed by atoms with van der Waals surface area (Å²) in [5.41, 5.74) is 6.78. The quantitative estimate of drug-likeness (QED) is 0.795. The highest BCUT2D eigenvalue weighted by Crippen LogP contribution is 2.27. The maximum absolute atomic E-state index is 5.72. The lowest BCUT2D eigenvalue weighted by molar-refractivity contribution is 0.840. The SMILES string of the molecule is CCCc1nc(N(CC)CC)sc1C(N)=S. The van der Waals surface area contributed by atoms with E-state index in [9.17, 15) is 0 Å². The average Bonchev–Trinajstić information content (AvgIpc) is 2.65. The van der Waals surface area contributed by atoms with E-state index < -0.39 is 0 Å². The number of anilines is 1. The summed E-state index contributed by atoms with van der Waals surface area (Å²) in [5, 5.41) is 1.04. The second kappa shape index (κ2) is 6.15. The number of nitrogens with zero attached hydrogens (tertiary/aromatic N) is 2. The first-order chi connectivity index (χ1) is 7.63. The summed E-state index contributed by atoms with van der Waals surface area (Å²) in [4.78, 5) is 8.32. The van der Waals surface area contributed by atoms with Crippen molar-refractivity contribution in [1.29, 1.82) is 0 Å². The van der Waals surface area contributed by atoms with Crippen molar-refractivity contribution in [2.45, 2.75) is 33.6 Å². The molecular weight excluding hydrogens is 238 g/mol. The van der Waals surface area contributed by atoms with Crippen molar-refractivity contribution in [3.8, 4) is 0 Å². The molecule has 0 saturated carbocycles. The average molecular weight is 257 g/mol. The lowest BCUT2D eigenvalue weighted by Crippen LogP contribution is -2.21. The Kier molecular flexibility index (Phi) is 5.15. The van der Waals surface area contributed by atoms with Crippen molar-refractivity contribution >= 4 is 33.7 Å². The van der Waals surface area contributed by atoms with E-state index >= 15 is 0 Å². The molecule has 1 aromatic rings. The molecule has 0 bridgehead atoms. The zero-order chi connectivity index (χ0) is 12.1. The van der Waals surface area contributed by atoms with E-state index in [0.29, 0.717) is 4.99 Å². The fraction of sp³-hybridized carbons (Fsp3) is 0.636. The van der Waals surface area contributed by atoms with Gasteiger partial charge in [0.25, 0.3) is 0 Å². The van der Waals surface area contributed by atoms with Crippen molar-refractivity contribution in [2.24, 2.45) is 5.73 Å². The molecule has 0 aliphatic rings. The van der Waals surface area contributed by atoms with E-state index in [2.05, 4.69) is 30.7 Å². The Labute approximate surface area is 107 Å². The molecule has 0 fully saturated rings. The Morgan fingerprint density at radius 1 is 1.38 bits per heavy atom. The van der Waals surface area contributed by atoms with E-state index in [4.69, 9.17) is 18.0 Å². The molecule has 2 N–H and O–H groups in total. The van der Waals surface area contributed by atoms with Gasteiger partial charge in [-0.3, -0.25) is 0 Å². The van der Waals surface area contributed by atoms with Gasteiger partial charge in [-0.1, -0.05) is 36.9 Å². The highest BCUT2D eigenvalue weighted by molar-refractivity contribution is 7.81. The summed E-state index contributed by atoms with van der Waals surface area (Å²) < 4.78 is 0. The van der Waals surface area contributed by atoms with Crippen LogP contribution in [0.2, 0.25) is 0 Å². The van der Waals surface area contributed by atoms with Gasteiger partial charge in [0, 0.05) is 13.1 Å². The van der Waals surface area contributed by atoms with Gasteiger partial charge in [0.05, 0.1) is 10.6 Å². The van der Waals surface area contributed by atoms with Crippen LogP contribution in [-0.2, 0) is 6.42 Å². The molecule has 1 rings (SSSR count). The van der Waals surface area contributed by atoms with Crippen LogP contribution >= 0.6 is 23.6 Å². The van der Waals surface area contributed by atoms with Crippen molar-refractivity contribution in [3.05, 3.63) is 10.6 Å². The third-order valence-corrected chi connectivity index (χ3v) is 3.96. The minimum absolute atomic E-state index is 0.472. The lowest BCUT2D eigenvalue weighted by Gasteiger charge is -2.16. The number of hydrogen-bond donors (Lipinski definition) is 1. The number of thiazole rings is 1. The van der Waals surface area contributed by atoms with Gasteiger partial charge in [-0.25, -0.2) is 4.98 Å². The Morgan fingerprint density at radius 3 is 2.44 bits per heavy atom. The van der Waals surface area contributed by atoms with Crippen LogP contribution in [-0.4, -0.2) is 23.1 Å². The Balaban J connectivity index is 3.04. The monoisotopic (exact) mass is 257 g/mol. The molecule has 0 unspecified atom stereocenters. The lowest BCUT2D eigenvalue weighted by atomic mass is 10.2. The predicted octanol–water partition coefficient (Wildman–Crippen LogP) is 2.58. The van der Waals surface area contributed by atoms with Crippen LogP contribution in [0.1, 0.15) is 37.8 Å². The van der Waals surface area contributed by atoms with E-state index in [1.165, 1.54) is 0 Å². The summed E-state index contributed by atoms with van der Waals surface area (Å²) in [7, 11) is 0. The van der Waals surface area contributed by atoms with Crippen LogP contribution in [0.3, 0.4) is 0 Å². The van der Waals surface area contributed by atoms with Crippen LogP contribution < -0.4 is 10.6 Å². The third kappa shape index (κ3) is 2.92. The minimum Gasteiger partial charge on any atom is -0.389 e. The zero-order valence-electron chi connectivity index (χ0n) is 10.1. The molecule has 0 aliphatic carbocycles. The Hall–Kier alpha value is -0.680. The molecule has 0 radical (unpaired) electrons. The molecule has 0 saturated heterocycles. The molecule has 90 valence electrons. The molecular formula is C11H19N3S2. The van der Waals surface area contributed by atoms with E-state index in [0.717, 1.165) is 41.6 Å². The van der Waals surface area contributed by atoms with E-state index in [1.54, 1.807) is 11.3 Å². The smallest absolute Gasteiger partial charge is 0.186 e. The van der Waals surface area contributed by atoms with Crippen LogP contribution in [0.15, 0.2) is 0 Å². The summed E-state index contributed by atoms with van der Waals surface area (Å²) in [6, 6.07) is 0. The Morgan fingerprint density at radius 2 is 2.00 bits per heavy atom. The zero-order valence-corrected chi connectivity index (χ0v) is 11.7. The van der Waals surface area contributed by atoms with Gasteiger partial charge in [0.15, 0.2) is 5.13 Å². The summed E-state index contributed by atoms with van der Waals surface area (Å²) in [6.07, 6.45) is 2.02. The van der Waals surface area contributed by atoms with Gasteiger partial charge < -0.3 is 10.6 Å². The fourth-order valence-corrected chi connectivity index (χ4v) is 2.90. The maximum Gasteiger partial charge on any atom is 0.186 e. The van der Waals surface area contributed by atoms with Crippen LogP contribution in [0.5, 0.6) is 0 Å². The second-order valence-electron chi connectivity index (χ2n) is 3.56. The fourth-order valence-electron chi connectivity index (χ4n) is 1.57. The molecule has 0 atom stereocenters. The van der Waals surface area contributed by atoms with Gasteiger partial charge in [-0.15, -0.1) is 0 Å². The molecule has 0 amide bonds. The van der Waals surface area contributed by atoms with Gasteiger partial charge >= 0.3 is 0 Å². The Bertz CT molecular complexity index is 356. The van der Waals surface area contributed by atoms with Gasteiger partial charge in [0.2, 0.25) is 0 Å². The number of aromatic nitrogens is 1. The van der Waals surface area contributed by atoms with Crippen LogP contribution in [0.4, 0.5) is 5.13 Å². The molecule has 0 aliphatic heterocycles. The number of rotatable bonds is 6. The third-order valence-electron chi connectivity index (χ3n) is 2.43.